The van der Waals surface area contributed by atoms with Gasteiger partial charge in [0.15, 0.2) is 8.32 Å². The van der Waals surface area contributed by atoms with Crippen molar-refractivity contribution in [1.29, 1.82) is 0 Å². The number of aryl methyl sites for hydroxylation is 2. The highest BCUT2D eigenvalue weighted by Gasteiger charge is 2.46. The van der Waals surface area contributed by atoms with E-state index in [4.69, 9.17) is 14.3 Å². The summed E-state index contributed by atoms with van der Waals surface area (Å²) in [5, 5.41) is 38.5. The number of phenolic OH excluding ortho intramolecular Hbond substituents is 1. The standard InChI is InChI=1S/C51H68N6O6S2Si/c1-49(2,3)42-23-24-44(65-42)51(61,43-15-11-28-64-43)48(60)62-34-18-16-33(17-19-34)56(7)26-12-27-57-47-38-14-10-13-35(38)32(29-39(47)54-55-57)30-52-31-41(63-66(8,9)50(4,5)6)36-20-22-40(58)46-37(36)21-25-45(59)53-46/h11,15,20-25,28-29,33-34,41,52,58,61H,10,12-14,16-19,26-27,30-31H2,1-9H3,(H,53,59)/t33-,34-,41?,51-/m1/s1. The van der Waals surface area contributed by atoms with Crippen molar-refractivity contribution in [3.05, 3.63) is 107 Å². The zero-order valence-corrected chi connectivity index (χ0v) is 42.8. The van der Waals surface area contributed by atoms with Crippen LogP contribution in [0.3, 0.4) is 0 Å². The lowest BCUT2D eigenvalue weighted by Gasteiger charge is -2.39. The fourth-order valence-corrected chi connectivity index (χ4v) is 12.8. The molecule has 4 aromatic heterocycles. The maximum atomic E-state index is 13.9. The number of fused-ring (bicyclic) bond motifs is 4. The first kappa shape index (κ1) is 48.2. The van der Waals surface area contributed by atoms with Crippen LogP contribution >= 0.6 is 22.7 Å². The molecule has 4 N–H and O–H groups in total. The van der Waals surface area contributed by atoms with Gasteiger partial charge in [0, 0.05) is 42.0 Å². The number of aromatic nitrogens is 4. The highest BCUT2D eigenvalue weighted by atomic mass is 32.1. The van der Waals surface area contributed by atoms with Crippen molar-refractivity contribution < 1.29 is 24.2 Å². The number of phenols is 1. The molecule has 354 valence electrons. The number of nitrogens with one attached hydrogen (secondary N) is 2. The maximum absolute atomic E-state index is 13.9. The number of esters is 1. The normalized spacial score (nSPS) is 18.5. The molecule has 0 radical (unpaired) electrons. The van der Waals surface area contributed by atoms with E-state index in [1.165, 1.54) is 45.4 Å². The van der Waals surface area contributed by atoms with Crippen LogP contribution in [0.4, 0.5) is 0 Å². The predicted molar refractivity (Wildman–Crippen MR) is 268 cm³/mol. The summed E-state index contributed by atoms with van der Waals surface area (Å²) in [7, 11) is -0.0345. The Labute approximate surface area is 397 Å². The van der Waals surface area contributed by atoms with E-state index in [1.807, 2.05) is 35.7 Å². The quantitative estimate of drug-likeness (QED) is 0.0545. The molecular formula is C51H68N6O6S2Si. The number of aliphatic hydroxyl groups is 1. The Morgan fingerprint density at radius 1 is 1.00 bits per heavy atom. The number of ether oxygens (including phenoxy) is 1. The molecule has 0 amide bonds. The number of hydrogen-bond acceptors (Lipinski definition) is 12. The van der Waals surface area contributed by atoms with E-state index in [0.717, 1.165) is 91.3 Å². The van der Waals surface area contributed by atoms with E-state index in [2.05, 4.69) is 92.8 Å². The number of hydrogen-bond donors (Lipinski definition) is 4. The molecule has 12 nitrogen and oxygen atoms in total. The van der Waals surface area contributed by atoms with Gasteiger partial charge in [-0.05, 0) is 153 Å². The number of nitrogens with zero attached hydrogens (tertiary/aromatic N) is 4. The third-order valence-electron chi connectivity index (χ3n) is 14.4. The number of aromatic amines is 1. The number of thiophene rings is 2. The first-order valence-corrected chi connectivity index (χ1v) is 28.2. The molecule has 2 atom stereocenters. The summed E-state index contributed by atoms with van der Waals surface area (Å²) >= 11 is 2.85. The molecule has 0 spiro atoms. The van der Waals surface area contributed by atoms with Crippen LogP contribution in [0.15, 0.2) is 64.8 Å². The third-order valence-corrected chi connectivity index (χ3v) is 21.5. The molecular weight excluding hydrogens is 885 g/mol. The molecule has 66 heavy (non-hydrogen) atoms. The molecule has 8 rings (SSSR count). The number of carbonyl (C=O) groups excluding carboxylic acids is 1. The topological polar surface area (TPSA) is 155 Å². The number of aromatic hydroxyl groups is 1. The van der Waals surface area contributed by atoms with Crippen molar-refractivity contribution in [2.45, 2.75) is 153 Å². The molecule has 2 aliphatic carbocycles. The van der Waals surface area contributed by atoms with Crippen molar-refractivity contribution in [3.8, 4) is 5.75 Å². The number of pyridine rings is 1. The van der Waals surface area contributed by atoms with Gasteiger partial charge in [0.2, 0.25) is 11.2 Å². The lowest BCUT2D eigenvalue weighted by Crippen LogP contribution is -2.43. The van der Waals surface area contributed by atoms with Crippen LogP contribution < -0.4 is 10.9 Å². The van der Waals surface area contributed by atoms with Crippen LogP contribution in [0.1, 0.15) is 123 Å². The van der Waals surface area contributed by atoms with Crippen LogP contribution in [0.5, 0.6) is 5.75 Å². The van der Waals surface area contributed by atoms with Crippen LogP contribution in [0.25, 0.3) is 21.9 Å². The number of H-pyrrole nitrogens is 1. The summed E-state index contributed by atoms with van der Waals surface area (Å²) in [6.45, 7) is 20.5. The molecule has 15 heteroatoms. The molecule has 1 unspecified atom stereocenters. The van der Waals surface area contributed by atoms with Crippen LogP contribution in [-0.4, -0.2) is 81.7 Å². The van der Waals surface area contributed by atoms with Gasteiger partial charge in [-0.3, -0.25) is 4.79 Å². The van der Waals surface area contributed by atoms with Gasteiger partial charge < -0.3 is 34.6 Å². The molecule has 2 aliphatic rings. The molecule has 1 fully saturated rings. The van der Waals surface area contributed by atoms with E-state index < -0.39 is 19.9 Å². The van der Waals surface area contributed by atoms with Gasteiger partial charge in [-0.2, -0.15) is 0 Å². The summed E-state index contributed by atoms with van der Waals surface area (Å²) in [4.78, 5) is 33.7. The number of benzene rings is 2. The highest BCUT2D eigenvalue weighted by molar-refractivity contribution is 7.13. The Morgan fingerprint density at radius 3 is 2.44 bits per heavy atom. The minimum atomic E-state index is -2.23. The van der Waals surface area contributed by atoms with E-state index >= 15 is 0 Å². The fraction of sp³-hybridized carbons (Fsp3) is 0.529. The second kappa shape index (κ2) is 19.0. The summed E-state index contributed by atoms with van der Waals surface area (Å²) in [6.07, 6.45) is 6.89. The number of rotatable bonds is 16. The minimum absolute atomic E-state index is 0.0141. The average Bonchev–Trinajstić information content (AvgIpc) is 4.11. The van der Waals surface area contributed by atoms with E-state index in [0.29, 0.717) is 34.4 Å². The summed E-state index contributed by atoms with van der Waals surface area (Å²) in [5.41, 5.74) is 5.26. The molecule has 2 aromatic carbocycles. The van der Waals surface area contributed by atoms with Gasteiger partial charge in [-0.15, -0.1) is 27.8 Å². The lowest BCUT2D eigenvalue weighted by atomic mass is 9.91. The average molecular weight is 953 g/mol. The van der Waals surface area contributed by atoms with E-state index in [9.17, 15) is 19.8 Å². The second-order valence-electron chi connectivity index (χ2n) is 21.1. The van der Waals surface area contributed by atoms with E-state index in [-0.39, 0.29) is 34.0 Å². The van der Waals surface area contributed by atoms with Crippen molar-refractivity contribution in [2.24, 2.45) is 0 Å². The molecule has 0 saturated heterocycles. The molecule has 1 saturated carbocycles. The van der Waals surface area contributed by atoms with Gasteiger partial charge in [0.25, 0.3) is 0 Å². The largest absolute Gasteiger partial charge is 0.506 e. The zero-order chi connectivity index (χ0) is 47.2. The van der Waals surface area contributed by atoms with Crippen molar-refractivity contribution in [2.75, 3.05) is 20.1 Å². The van der Waals surface area contributed by atoms with E-state index in [1.54, 1.807) is 12.1 Å². The SMILES string of the molecule is CN(CCCn1nnc2cc(CNCC(O[Si](C)(C)C(C)(C)C)c3ccc(O)c4[nH]c(=O)ccc34)c3c(c21)CCC3)[C@H]1CC[C@H](OC(=O)[C@@](O)(c2cccs2)c2ccc(C(C)(C)C)s2)CC1. The molecule has 0 aliphatic heterocycles. The Morgan fingerprint density at radius 2 is 1.74 bits per heavy atom. The minimum Gasteiger partial charge on any atom is -0.506 e. The molecule has 0 bridgehead atoms. The third kappa shape index (κ3) is 9.85. The van der Waals surface area contributed by atoms with Gasteiger partial charge in [0.05, 0.1) is 26.9 Å². The predicted octanol–water partition coefficient (Wildman–Crippen LogP) is 9.85. The fourth-order valence-electron chi connectivity index (χ4n) is 9.52. The van der Waals surface area contributed by atoms with Gasteiger partial charge in [-0.1, -0.05) is 58.9 Å². The Hall–Kier alpha value is -4.22. The smallest absolute Gasteiger partial charge is 0.349 e. The monoisotopic (exact) mass is 952 g/mol. The summed E-state index contributed by atoms with van der Waals surface area (Å²) in [5.74, 6) is -0.543. The second-order valence-corrected chi connectivity index (χ2v) is 27.9. The maximum Gasteiger partial charge on any atom is 0.349 e. The van der Waals surface area contributed by atoms with Crippen LogP contribution in [-0.2, 0) is 50.9 Å². The Balaban J connectivity index is 0.881. The van der Waals surface area contributed by atoms with Crippen LogP contribution in [0.2, 0.25) is 18.1 Å². The van der Waals surface area contributed by atoms with Gasteiger partial charge in [0.1, 0.15) is 17.4 Å². The Kier molecular flexibility index (Phi) is 13.9. The van der Waals surface area contributed by atoms with Crippen molar-refractivity contribution >= 4 is 58.9 Å². The number of carbonyl (C=O) groups is 1. The molecule has 4 heterocycles. The van der Waals surface area contributed by atoms with Crippen molar-refractivity contribution in [3.63, 3.8) is 0 Å². The van der Waals surface area contributed by atoms with Crippen LogP contribution in [0, 0.1) is 0 Å². The first-order chi connectivity index (χ1) is 31.2. The first-order valence-electron chi connectivity index (χ1n) is 23.6. The lowest BCUT2D eigenvalue weighted by molar-refractivity contribution is -0.169. The van der Waals surface area contributed by atoms with Gasteiger partial charge >= 0.3 is 5.97 Å². The van der Waals surface area contributed by atoms with Crippen molar-refractivity contribution in [1.82, 2.24) is 30.2 Å². The van der Waals surface area contributed by atoms with Gasteiger partial charge in [-0.25, -0.2) is 9.48 Å². The highest BCUT2D eigenvalue weighted by Crippen LogP contribution is 2.43. The Bertz CT molecular complexity index is 2720. The zero-order valence-electron chi connectivity index (χ0n) is 40.1. The summed E-state index contributed by atoms with van der Waals surface area (Å²) < 4.78 is 15.3. The molecule has 6 aromatic rings. The summed E-state index contributed by atoms with van der Waals surface area (Å²) in [6, 6.07) is 17.0.